The van der Waals surface area contributed by atoms with Crippen molar-refractivity contribution >= 4 is 5.78 Å². The molecule has 0 aliphatic carbocycles. The molecule has 0 saturated carbocycles. The summed E-state index contributed by atoms with van der Waals surface area (Å²) in [6, 6.07) is 4.22. The third-order valence-corrected chi connectivity index (χ3v) is 1.66. The molecule has 0 atom stereocenters. The predicted octanol–water partition coefficient (Wildman–Crippen LogP) is 2.01. The van der Waals surface area contributed by atoms with Gasteiger partial charge in [0.05, 0.1) is 5.56 Å². The van der Waals surface area contributed by atoms with Crippen LogP contribution < -0.4 is 4.74 Å². The van der Waals surface area contributed by atoms with Gasteiger partial charge in [0, 0.05) is 7.11 Å². The minimum Gasteiger partial charge on any atom is -0.467 e. The van der Waals surface area contributed by atoms with E-state index in [1.54, 1.807) is 0 Å². The SMILES string of the molecule is COCOc1cccc(F)c1C(C)=O. The van der Waals surface area contributed by atoms with Crippen LogP contribution in [0.4, 0.5) is 4.39 Å². The molecule has 0 amide bonds. The molecule has 0 aliphatic heterocycles. The van der Waals surface area contributed by atoms with Crippen molar-refractivity contribution in [3.8, 4) is 5.75 Å². The zero-order chi connectivity index (χ0) is 10.6. The van der Waals surface area contributed by atoms with Crippen LogP contribution in [-0.4, -0.2) is 19.7 Å². The molecule has 0 bridgehead atoms. The van der Waals surface area contributed by atoms with Crippen molar-refractivity contribution < 1.29 is 18.7 Å². The van der Waals surface area contributed by atoms with Crippen LogP contribution in [0.5, 0.6) is 5.75 Å². The van der Waals surface area contributed by atoms with Gasteiger partial charge in [0.2, 0.25) is 0 Å². The first-order valence-electron chi connectivity index (χ1n) is 4.08. The van der Waals surface area contributed by atoms with E-state index in [1.165, 1.54) is 32.2 Å². The lowest BCUT2D eigenvalue weighted by Crippen LogP contribution is -2.06. The van der Waals surface area contributed by atoms with E-state index in [0.29, 0.717) is 0 Å². The summed E-state index contributed by atoms with van der Waals surface area (Å²) < 4.78 is 22.9. The first-order valence-corrected chi connectivity index (χ1v) is 4.08. The van der Waals surface area contributed by atoms with Gasteiger partial charge in [-0.2, -0.15) is 0 Å². The Bertz CT molecular complexity index is 336. The fourth-order valence-corrected chi connectivity index (χ4v) is 1.09. The summed E-state index contributed by atoms with van der Waals surface area (Å²) >= 11 is 0. The third-order valence-electron chi connectivity index (χ3n) is 1.66. The molecular formula is C10H11FO3. The van der Waals surface area contributed by atoms with Crippen molar-refractivity contribution in [2.45, 2.75) is 6.92 Å². The van der Waals surface area contributed by atoms with Crippen LogP contribution in [0.25, 0.3) is 0 Å². The quantitative estimate of drug-likeness (QED) is 0.548. The number of rotatable bonds is 4. The Labute approximate surface area is 81.4 Å². The van der Waals surface area contributed by atoms with Gasteiger partial charge in [0.1, 0.15) is 11.6 Å². The summed E-state index contributed by atoms with van der Waals surface area (Å²) in [4.78, 5) is 11.1. The molecule has 0 N–H and O–H groups in total. The molecule has 76 valence electrons. The highest BCUT2D eigenvalue weighted by molar-refractivity contribution is 5.97. The number of halogens is 1. The second-order valence-corrected chi connectivity index (χ2v) is 2.72. The van der Waals surface area contributed by atoms with Crippen molar-refractivity contribution in [1.82, 2.24) is 0 Å². The van der Waals surface area contributed by atoms with E-state index >= 15 is 0 Å². The first-order chi connectivity index (χ1) is 6.66. The number of ether oxygens (including phenoxy) is 2. The van der Waals surface area contributed by atoms with Crippen molar-refractivity contribution in [3.05, 3.63) is 29.6 Å². The minimum atomic E-state index is -0.578. The molecular weight excluding hydrogens is 187 g/mol. The van der Waals surface area contributed by atoms with Gasteiger partial charge in [-0.3, -0.25) is 4.79 Å². The summed E-state index contributed by atoms with van der Waals surface area (Å²) in [5.74, 6) is -0.736. The van der Waals surface area contributed by atoms with Gasteiger partial charge in [0.25, 0.3) is 0 Å². The van der Waals surface area contributed by atoms with Crippen LogP contribution in [0.2, 0.25) is 0 Å². The number of carbonyl (C=O) groups is 1. The van der Waals surface area contributed by atoms with Crippen LogP contribution in [0.15, 0.2) is 18.2 Å². The number of Topliss-reactive ketones (excluding diaryl/α,β-unsaturated/α-hetero) is 1. The number of hydrogen-bond donors (Lipinski definition) is 0. The molecule has 0 unspecified atom stereocenters. The average Bonchev–Trinajstić information content (AvgIpc) is 2.14. The fraction of sp³-hybridized carbons (Fsp3) is 0.300. The maximum absolute atomic E-state index is 13.2. The van der Waals surface area contributed by atoms with E-state index in [2.05, 4.69) is 4.74 Å². The molecule has 14 heavy (non-hydrogen) atoms. The van der Waals surface area contributed by atoms with Gasteiger partial charge >= 0.3 is 0 Å². The van der Waals surface area contributed by atoms with E-state index in [1.807, 2.05) is 0 Å². The lowest BCUT2D eigenvalue weighted by molar-refractivity contribution is 0.0500. The zero-order valence-corrected chi connectivity index (χ0v) is 8.04. The molecule has 1 aromatic carbocycles. The van der Waals surface area contributed by atoms with E-state index < -0.39 is 5.82 Å². The summed E-state index contributed by atoms with van der Waals surface area (Å²) in [6.45, 7) is 1.28. The van der Waals surface area contributed by atoms with Gasteiger partial charge in [-0.15, -0.1) is 0 Å². The Balaban J connectivity index is 3.02. The molecule has 0 heterocycles. The second kappa shape index (κ2) is 4.72. The highest BCUT2D eigenvalue weighted by atomic mass is 19.1. The number of carbonyl (C=O) groups excluding carboxylic acids is 1. The predicted molar refractivity (Wildman–Crippen MR) is 48.9 cm³/mol. The molecule has 3 nitrogen and oxygen atoms in total. The van der Waals surface area contributed by atoms with Crippen LogP contribution in [0.3, 0.4) is 0 Å². The maximum atomic E-state index is 13.2. The monoisotopic (exact) mass is 198 g/mol. The number of benzene rings is 1. The summed E-state index contributed by atoms with van der Waals surface area (Å²) in [5, 5.41) is 0. The highest BCUT2D eigenvalue weighted by Crippen LogP contribution is 2.21. The lowest BCUT2D eigenvalue weighted by Gasteiger charge is -2.08. The first kappa shape index (κ1) is 10.7. The van der Waals surface area contributed by atoms with Crippen LogP contribution in [0.1, 0.15) is 17.3 Å². The third kappa shape index (κ3) is 2.29. The molecule has 0 saturated heterocycles. The Hall–Kier alpha value is -1.42. The average molecular weight is 198 g/mol. The van der Waals surface area contributed by atoms with Gasteiger partial charge in [-0.25, -0.2) is 4.39 Å². The molecule has 0 aromatic heterocycles. The Kier molecular flexibility index (Phi) is 3.59. The largest absolute Gasteiger partial charge is 0.467 e. The number of methoxy groups -OCH3 is 1. The topological polar surface area (TPSA) is 35.5 Å². The fourth-order valence-electron chi connectivity index (χ4n) is 1.09. The van der Waals surface area contributed by atoms with Crippen LogP contribution in [-0.2, 0) is 4.74 Å². The molecule has 0 radical (unpaired) electrons. The van der Waals surface area contributed by atoms with E-state index in [4.69, 9.17) is 4.74 Å². The van der Waals surface area contributed by atoms with Crippen LogP contribution in [0, 0.1) is 5.82 Å². The van der Waals surface area contributed by atoms with Gasteiger partial charge in [-0.05, 0) is 19.1 Å². The number of ketones is 1. The Morgan fingerprint density at radius 2 is 2.21 bits per heavy atom. The smallest absolute Gasteiger partial charge is 0.188 e. The Morgan fingerprint density at radius 1 is 1.50 bits per heavy atom. The number of hydrogen-bond acceptors (Lipinski definition) is 3. The van der Waals surface area contributed by atoms with E-state index in [-0.39, 0.29) is 23.9 Å². The van der Waals surface area contributed by atoms with Crippen LogP contribution >= 0.6 is 0 Å². The maximum Gasteiger partial charge on any atom is 0.188 e. The molecule has 0 fully saturated rings. The lowest BCUT2D eigenvalue weighted by atomic mass is 10.1. The summed E-state index contributed by atoms with van der Waals surface area (Å²) in [7, 11) is 1.45. The van der Waals surface area contributed by atoms with Gasteiger partial charge < -0.3 is 9.47 Å². The Morgan fingerprint density at radius 3 is 2.79 bits per heavy atom. The molecule has 1 rings (SSSR count). The standard InChI is InChI=1S/C10H11FO3/c1-7(12)10-8(11)4-3-5-9(10)14-6-13-2/h3-5H,6H2,1-2H3. The molecule has 0 aliphatic rings. The van der Waals surface area contributed by atoms with E-state index in [9.17, 15) is 9.18 Å². The van der Waals surface area contributed by atoms with Crippen molar-refractivity contribution in [3.63, 3.8) is 0 Å². The minimum absolute atomic E-state index is 0.0102. The molecule has 1 aromatic rings. The highest BCUT2D eigenvalue weighted by Gasteiger charge is 2.13. The normalized spacial score (nSPS) is 9.93. The van der Waals surface area contributed by atoms with Gasteiger partial charge in [0.15, 0.2) is 12.6 Å². The molecule has 4 heteroatoms. The zero-order valence-electron chi connectivity index (χ0n) is 8.04. The van der Waals surface area contributed by atoms with E-state index in [0.717, 1.165) is 0 Å². The molecule has 0 spiro atoms. The van der Waals surface area contributed by atoms with Crippen molar-refractivity contribution in [2.24, 2.45) is 0 Å². The second-order valence-electron chi connectivity index (χ2n) is 2.72. The van der Waals surface area contributed by atoms with Crippen molar-refractivity contribution in [1.29, 1.82) is 0 Å². The summed E-state index contributed by atoms with van der Waals surface area (Å²) in [6.07, 6.45) is 0. The summed E-state index contributed by atoms with van der Waals surface area (Å²) in [5.41, 5.74) is -0.0375. The van der Waals surface area contributed by atoms with Gasteiger partial charge in [-0.1, -0.05) is 6.07 Å². The van der Waals surface area contributed by atoms with Crippen molar-refractivity contribution in [2.75, 3.05) is 13.9 Å².